The molecule has 110 valence electrons. The lowest BCUT2D eigenvalue weighted by atomic mass is 10.2. The number of nitrogens with zero attached hydrogens (tertiary/aromatic N) is 2. The second-order valence-corrected chi connectivity index (χ2v) is 4.99. The van der Waals surface area contributed by atoms with E-state index in [9.17, 15) is 14.0 Å². The molecule has 0 radical (unpaired) electrons. The van der Waals surface area contributed by atoms with Crippen LogP contribution in [0.1, 0.15) is 13.8 Å². The summed E-state index contributed by atoms with van der Waals surface area (Å²) in [5.74, 6) is -1.39. The molecular weight excluding hydrogens is 263 g/mol. The summed E-state index contributed by atoms with van der Waals surface area (Å²) in [4.78, 5) is 25.6. The maximum absolute atomic E-state index is 13.2. The summed E-state index contributed by atoms with van der Waals surface area (Å²) in [6.45, 7) is 3.73. The maximum Gasteiger partial charge on any atom is 0.324 e. The van der Waals surface area contributed by atoms with Gasteiger partial charge >= 0.3 is 12.0 Å². The summed E-state index contributed by atoms with van der Waals surface area (Å²) in [5.41, 5.74) is 0.383. The number of hydrogen-bond donors (Lipinski definition) is 1. The van der Waals surface area contributed by atoms with Gasteiger partial charge in [0.1, 0.15) is 12.4 Å². The molecular formula is C14H19FN2O3. The van der Waals surface area contributed by atoms with Crippen molar-refractivity contribution < 1.29 is 19.1 Å². The van der Waals surface area contributed by atoms with Crippen molar-refractivity contribution >= 4 is 17.7 Å². The third kappa shape index (κ3) is 4.53. The van der Waals surface area contributed by atoms with Crippen LogP contribution in [0.15, 0.2) is 24.3 Å². The molecule has 1 N–H and O–H groups in total. The van der Waals surface area contributed by atoms with Crippen molar-refractivity contribution in [3.8, 4) is 0 Å². The molecule has 0 aliphatic carbocycles. The highest BCUT2D eigenvalue weighted by atomic mass is 19.1. The molecule has 1 aromatic carbocycles. The highest BCUT2D eigenvalue weighted by Crippen LogP contribution is 2.16. The molecule has 0 saturated carbocycles. The standard InChI is InChI=1S/C14H19FN2O3/c1-10(2)8-17(9-13(18)19)14(20)16(3)12-6-4-5-11(15)7-12/h4-7,10H,8-9H2,1-3H3,(H,18,19). The van der Waals surface area contributed by atoms with E-state index in [1.165, 1.54) is 35.0 Å². The van der Waals surface area contributed by atoms with Crippen LogP contribution in [-0.4, -0.2) is 42.1 Å². The number of amides is 2. The Balaban J connectivity index is 2.90. The number of carboxylic acid groups (broad SMARTS) is 1. The largest absolute Gasteiger partial charge is 0.480 e. The Morgan fingerprint density at radius 2 is 2.00 bits per heavy atom. The molecule has 0 spiro atoms. The molecule has 2 amide bonds. The van der Waals surface area contributed by atoms with E-state index >= 15 is 0 Å². The van der Waals surface area contributed by atoms with Crippen LogP contribution < -0.4 is 4.90 Å². The van der Waals surface area contributed by atoms with Crippen LogP contribution in [0.4, 0.5) is 14.9 Å². The Bertz CT molecular complexity index is 491. The first-order chi connectivity index (χ1) is 9.31. The van der Waals surface area contributed by atoms with Gasteiger partial charge < -0.3 is 10.0 Å². The third-order valence-corrected chi connectivity index (χ3v) is 2.66. The molecule has 0 bridgehead atoms. The van der Waals surface area contributed by atoms with Gasteiger partial charge in [-0.3, -0.25) is 9.69 Å². The van der Waals surface area contributed by atoms with Crippen molar-refractivity contribution in [3.05, 3.63) is 30.1 Å². The van der Waals surface area contributed by atoms with Gasteiger partial charge in [-0.15, -0.1) is 0 Å². The van der Waals surface area contributed by atoms with E-state index in [0.29, 0.717) is 12.2 Å². The Morgan fingerprint density at radius 1 is 1.35 bits per heavy atom. The van der Waals surface area contributed by atoms with Crippen LogP contribution in [-0.2, 0) is 4.79 Å². The van der Waals surface area contributed by atoms with E-state index in [1.807, 2.05) is 13.8 Å². The molecule has 6 heteroatoms. The lowest BCUT2D eigenvalue weighted by molar-refractivity contribution is -0.137. The van der Waals surface area contributed by atoms with Gasteiger partial charge in [-0.1, -0.05) is 19.9 Å². The van der Waals surface area contributed by atoms with Gasteiger partial charge in [-0.05, 0) is 24.1 Å². The van der Waals surface area contributed by atoms with Gasteiger partial charge in [-0.25, -0.2) is 9.18 Å². The van der Waals surface area contributed by atoms with E-state index in [-0.39, 0.29) is 12.5 Å². The van der Waals surface area contributed by atoms with Crippen molar-refractivity contribution in [2.24, 2.45) is 5.92 Å². The minimum Gasteiger partial charge on any atom is -0.480 e. The van der Waals surface area contributed by atoms with Crippen molar-refractivity contribution in [3.63, 3.8) is 0 Å². The monoisotopic (exact) mass is 282 g/mol. The highest BCUT2D eigenvalue weighted by molar-refractivity contribution is 5.93. The molecule has 0 aliphatic rings. The molecule has 0 saturated heterocycles. The number of urea groups is 1. The average molecular weight is 282 g/mol. The molecule has 1 rings (SSSR count). The number of carbonyl (C=O) groups excluding carboxylic acids is 1. The quantitative estimate of drug-likeness (QED) is 0.902. The summed E-state index contributed by atoms with van der Waals surface area (Å²) in [6.07, 6.45) is 0. The summed E-state index contributed by atoms with van der Waals surface area (Å²) in [7, 11) is 1.49. The Labute approximate surface area is 117 Å². The molecule has 0 aliphatic heterocycles. The predicted molar refractivity (Wildman–Crippen MR) is 74.2 cm³/mol. The molecule has 0 heterocycles. The molecule has 1 aromatic rings. The second kappa shape index (κ2) is 6.88. The van der Waals surface area contributed by atoms with Gasteiger partial charge in [-0.2, -0.15) is 0 Å². The van der Waals surface area contributed by atoms with Crippen molar-refractivity contribution in [2.45, 2.75) is 13.8 Å². The topological polar surface area (TPSA) is 60.9 Å². The average Bonchev–Trinajstić information content (AvgIpc) is 2.35. The van der Waals surface area contributed by atoms with E-state index in [1.54, 1.807) is 6.07 Å². The van der Waals surface area contributed by atoms with Crippen LogP contribution in [0.2, 0.25) is 0 Å². The van der Waals surface area contributed by atoms with Gasteiger partial charge in [0, 0.05) is 19.3 Å². The summed E-state index contributed by atoms with van der Waals surface area (Å²) in [6, 6.07) is 5.14. The Hall–Kier alpha value is -2.11. The number of carbonyl (C=O) groups is 2. The smallest absolute Gasteiger partial charge is 0.324 e. The second-order valence-electron chi connectivity index (χ2n) is 4.99. The van der Waals surface area contributed by atoms with Gasteiger partial charge in [0.2, 0.25) is 0 Å². The number of hydrogen-bond acceptors (Lipinski definition) is 2. The van der Waals surface area contributed by atoms with Gasteiger partial charge in [0.15, 0.2) is 0 Å². The lowest BCUT2D eigenvalue weighted by Gasteiger charge is -2.28. The fraction of sp³-hybridized carbons (Fsp3) is 0.429. The van der Waals surface area contributed by atoms with Crippen LogP contribution in [0, 0.1) is 11.7 Å². The van der Waals surface area contributed by atoms with Crippen molar-refractivity contribution in [2.75, 3.05) is 25.0 Å². The number of anilines is 1. The minimum absolute atomic E-state index is 0.138. The number of rotatable bonds is 5. The van der Waals surface area contributed by atoms with E-state index < -0.39 is 17.8 Å². The van der Waals surface area contributed by atoms with Crippen LogP contribution in [0.3, 0.4) is 0 Å². The lowest BCUT2D eigenvalue weighted by Crippen LogP contribution is -2.45. The zero-order valence-corrected chi connectivity index (χ0v) is 11.8. The molecule has 0 fully saturated rings. The predicted octanol–water partition coefficient (Wildman–Crippen LogP) is 2.42. The van der Waals surface area contributed by atoms with E-state index in [0.717, 1.165) is 0 Å². The first kappa shape index (κ1) is 15.9. The fourth-order valence-electron chi connectivity index (χ4n) is 1.82. The van der Waals surface area contributed by atoms with E-state index in [4.69, 9.17) is 5.11 Å². The minimum atomic E-state index is -1.08. The highest BCUT2D eigenvalue weighted by Gasteiger charge is 2.22. The van der Waals surface area contributed by atoms with Crippen LogP contribution in [0.5, 0.6) is 0 Å². The molecule has 0 atom stereocenters. The molecule has 20 heavy (non-hydrogen) atoms. The van der Waals surface area contributed by atoms with Crippen molar-refractivity contribution in [1.29, 1.82) is 0 Å². The summed E-state index contributed by atoms with van der Waals surface area (Å²) < 4.78 is 13.2. The summed E-state index contributed by atoms with van der Waals surface area (Å²) in [5, 5.41) is 8.87. The number of carboxylic acids is 1. The van der Waals surface area contributed by atoms with Gasteiger partial charge in [0.05, 0.1) is 0 Å². The first-order valence-corrected chi connectivity index (χ1v) is 6.31. The molecule has 0 unspecified atom stereocenters. The van der Waals surface area contributed by atoms with Gasteiger partial charge in [0.25, 0.3) is 0 Å². The first-order valence-electron chi connectivity index (χ1n) is 6.31. The zero-order valence-electron chi connectivity index (χ0n) is 11.8. The molecule has 5 nitrogen and oxygen atoms in total. The maximum atomic E-state index is 13.2. The normalized spacial score (nSPS) is 10.4. The van der Waals surface area contributed by atoms with Crippen LogP contribution in [0.25, 0.3) is 0 Å². The van der Waals surface area contributed by atoms with E-state index in [2.05, 4.69) is 0 Å². The fourth-order valence-corrected chi connectivity index (χ4v) is 1.82. The third-order valence-electron chi connectivity index (χ3n) is 2.66. The SMILES string of the molecule is CC(C)CN(CC(=O)O)C(=O)N(C)c1cccc(F)c1. The molecule has 0 aromatic heterocycles. The van der Waals surface area contributed by atoms with Crippen LogP contribution >= 0.6 is 0 Å². The van der Waals surface area contributed by atoms with Crippen molar-refractivity contribution in [1.82, 2.24) is 4.90 Å². The number of benzene rings is 1. The Kier molecular flexibility index (Phi) is 5.49. The number of aliphatic carboxylic acids is 1. The summed E-state index contributed by atoms with van der Waals surface area (Å²) >= 11 is 0. The number of halogens is 1. The Morgan fingerprint density at radius 3 is 2.50 bits per heavy atom. The zero-order chi connectivity index (χ0) is 15.3.